The van der Waals surface area contributed by atoms with Gasteiger partial charge in [0.2, 0.25) is 0 Å². The fraction of sp³-hybridized carbons (Fsp3) is 0. The lowest BCUT2D eigenvalue weighted by molar-refractivity contribution is 0.112. The quantitative estimate of drug-likeness (QED) is 0.784. The smallest absolute Gasteiger partial charge is 0.163 e. The fourth-order valence-electron chi connectivity index (χ4n) is 1.03. The summed E-state index contributed by atoms with van der Waals surface area (Å²) < 4.78 is 0.709. The molecule has 6 heteroatoms. The first kappa shape index (κ1) is 11.9. The monoisotopic (exact) mass is 289 g/mol. The molecule has 82 valence electrons. The summed E-state index contributed by atoms with van der Waals surface area (Å²) in [4.78, 5) is 16.0. The largest absolute Gasteiger partial charge is 0.297 e. The molecule has 0 amide bonds. The van der Waals surface area contributed by atoms with Crippen LogP contribution in [-0.4, -0.2) is 11.3 Å². The molecule has 0 unspecified atom stereocenters. The van der Waals surface area contributed by atoms with Gasteiger partial charge in [-0.2, -0.15) is 0 Å². The van der Waals surface area contributed by atoms with Crippen molar-refractivity contribution in [1.82, 2.24) is 4.98 Å². The van der Waals surface area contributed by atoms with Gasteiger partial charge in [-0.3, -0.25) is 4.79 Å². The molecule has 2 nitrogen and oxygen atoms in total. The molecule has 0 radical (unpaired) electrons. The second kappa shape index (κ2) is 5.19. The van der Waals surface area contributed by atoms with Crippen molar-refractivity contribution < 1.29 is 4.79 Å². The first-order valence-electron chi connectivity index (χ1n) is 4.24. The van der Waals surface area contributed by atoms with Gasteiger partial charge in [0.25, 0.3) is 0 Å². The van der Waals surface area contributed by atoms with E-state index in [1.165, 1.54) is 23.1 Å². The lowest BCUT2D eigenvalue weighted by atomic mass is 10.4. The minimum atomic E-state index is 0.245. The Balaban J connectivity index is 2.27. The van der Waals surface area contributed by atoms with E-state index in [0.717, 1.165) is 4.90 Å². The van der Waals surface area contributed by atoms with Crippen LogP contribution in [0, 0.1) is 0 Å². The summed E-state index contributed by atoms with van der Waals surface area (Å²) in [6, 6.07) is 7.45. The molecule has 0 aliphatic rings. The van der Waals surface area contributed by atoms with E-state index in [1.807, 2.05) is 18.2 Å². The Morgan fingerprint density at radius 3 is 2.69 bits per heavy atom. The molecule has 0 bridgehead atoms. The fourth-order valence-corrected chi connectivity index (χ4v) is 3.47. The Morgan fingerprint density at radius 2 is 2.06 bits per heavy atom. The molecule has 0 aliphatic heterocycles. The van der Waals surface area contributed by atoms with Crippen LogP contribution in [0.3, 0.4) is 0 Å². The summed E-state index contributed by atoms with van der Waals surface area (Å²) in [7, 11) is 0. The number of rotatable bonds is 3. The Bertz CT molecular complexity index is 527. The van der Waals surface area contributed by atoms with Crippen LogP contribution in [-0.2, 0) is 0 Å². The number of hydrogen-bond donors (Lipinski definition) is 0. The summed E-state index contributed by atoms with van der Waals surface area (Å²) in [5.41, 5.74) is 0. The van der Waals surface area contributed by atoms with Crippen molar-refractivity contribution >= 4 is 52.6 Å². The summed E-state index contributed by atoms with van der Waals surface area (Å²) in [6.07, 6.45) is 0.705. The molecule has 0 N–H and O–H groups in total. The van der Waals surface area contributed by atoms with Crippen LogP contribution >= 0.6 is 46.3 Å². The maximum Gasteiger partial charge on any atom is 0.163 e. The third-order valence-electron chi connectivity index (χ3n) is 1.73. The van der Waals surface area contributed by atoms with E-state index in [-0.39, 0.29) is 5.15 Å². The Morgan fingerprint density at radius 1 is 1.31 bits per heavy atom. The highest BCUT2D eigenvalue weighted by Gasteiger charge is 2.10. The van der Waals surface area contributed by atoms with Gasteiger partial charge in [0, 0.05) is 4.90 Å². The molecule has 1 heterocycles. The van der Waals surface area contributed by atoms with E-state index >= 15 is 0 Å². The molecule has 0 fully saturated rings. The summed E-state index contributed by atoms with van der Waals surface area (Å²) in [5, 5.41) is 0.904. The molecule has 0 saturated carbocycles. The van der Waals surface area contributed by atoms with Crippen molar-refractivity contribution in [3.8, 4) is 0 Å². The van der Waals surface area contributed by atoms with Gasteiger partial charge in [0.1, 0.15) is 4.88 Å². The van der Waals surface area contributed by atoms with Crippen molar-refractivity contribution in [3.63, 3.8) is 0 Å². The zero-order valence-electron chi connectivity index (χ0n) is 7.81. The lowest BCUT2D eigenvalue weighted by Crippen LogP contribution is -1.73. The number of hydrogen-bond acceptors (Lipinski definition) is 4. The van der Waals surface area contributed by atoms with Gasteiger partial charge in [0.15, 0.2) is 15.8 Å². The predicted octanol–water partition coefficient (Wildman–Crippen LogP) is 4.41. The van der Waals surface area contributed by atoms with E-state index in [9.17, 15) is 4.79 Å². The third kappa shape index (κ3) is 2.58. The molecule has 1 aromatic carbocycles. The van der Waals surface area contributed by atoms with Crippen LogP contribution in [0.25, 0.3) is 0 Å². The van der Waals surface area contributed by atoms with Gasteiger partial charge in [-0.1, -0.05) is 47.1 Å². The van der Waals surface area contributed by atoms with Crippen molar-refractivity contribution in [2.24, 2.45) is 0 Å². The number of carbonyl (C=O) groups is 1. The van der Waals surface area contributed by atoms with Crippen molar-refractivity contribution in [1.29, 1.82) is 0 Å². The van der Waals surface area contributed by atoms with Crippen molar-refractivity contribution in [2.75, 3.05) is 0 Å². The minimum absolute atomic E-state index is 0.245. The number of thiazole rings is 1. The second-order valence-corrected chi connectivity index (χ2v) is 5.87. The summed E-state index contributed by atoms with van der Waals surface area (Å²) in [5.74, 6) is 0. The highest BCUT2D eigenvalue weighted by Crippen LogP contribution is 2.37. The molecule has 0 spiro atoms. The highest BCUT2D eigenvalue weighted by atomic mass is 35.5. The topological polar surface area (TPSA) is 30.0 Å². The van der Waals surface area contributed by atoms with Crippen LogP contribution in [0.15, 0.2) is 33.5 Å². The predicted molar refractivity (Wildman–Crippen MR) is 68.1 cm³/mol. The SMILES string of the molecule is O=Cc1sc(Sc2ccccc2Cl)nc1Cl. The van der Waals surface area contributed by atoms with Gasteiger partial charge < -0.3 is 0 Å². The normalized spacial score (nSPS) is 10.4. The zero-order valence-corrected chi connectivity index (χ0v) is 11.0. The van der Waals surface area contributed by atoms with E-state index in [2.05, 4.69) is 4.98 Å². The third-order valence-corrected chi connectivity index (χ3v) is 4.69. The Kier molecular flexibility index (Phi) is 3.86. The number of nitrogens with zero attached hydrogens (tertiary/aromatic N) is 1. The van der Waals surface area contributed by atoms with Crippen molar-refractivity contribution in [3.05, 3.63) is 39.3 Å². The highest BCUT2D eigenvalue weighted by molar-refractivity contribution is 8.01. The number of carbonyl (C=O) groups excluding carboxylic acids is 1. The van der Waals surface area contributed by atoms with Crippen LogP contribution in [0.1, 0.15) is 9.67 Å². The number of benzene rings is 1. The molecule has 0 atom stereocenters. The molecule has 16 heavy (non-hydrogen) atoms. The molecule has 1 aromatic heterocycles. The van der Waals surface area contributed by atoms with Gasteiger partial charge in [0.05, 0.1) is 5.02 Å². The van der Waals surface area contributed by atoms with Gasteiger partial charge in [-0.05, 0) is 12.1 Å². The van der Waals surface area contributed by atoms with E-state index < -0.39 is 0 Å². The average Bonchev–Trinajstić information content (AvgIpc) is 2.62. The maximum atomic E-state index is 10.6. The van der Waals surface area contributed by atoms with Crippen LogP contribution in [0.4, 0.5) is 0 Å². The maximum absolute atomic E-state index is 10.6. The lowest BCUT2D eigenvalue weighted by Gasteiger charge is -1.99. The molecular weight excluding hydrogens is 285 g/mol. The van der Waals surface area contributed by atoms with Crippen molar-refractivity contribution in [2.45, 2.75) is 9.24 Å². The second-order valence-electron chi connectivity index (χ2n) is 2.79. The van der Waals surface area contributed by atoms with Crippen LogP contribution in [0.5, 0.6) is 0 Å². The van der Waals surface area contributed by atoms with Gasteiger partial charge >= 0.3 is 0 Å². The standard InChI is InChI=1S/C10H5Cl2NOS2/c11-6-3-1-2-4-7(6)15-10-13-9(12)8(5-14)16-10/h1-5H. The molecule has 0 saturated heterocycles. The number of halogens is 2. The van der Waals surface area contributed by atoms with Crippen LogP contribution in [0.2, 0.25) is 10.2 Å². The average molecular weight is 290 g/mol. The summed E-state index contributed by atoms with van der Waals surface area (Å²) in [6.45, 7) is 0. The zero-order chi connectivity index (χ0) is 11.5. The number of aromatic nitrogens is 1. The van der Waals surface area contributed by atoms with Gasteiger partial charge in [-0.25, -0.2) is 4.98 Å². The molecule has 2 rings (SSSR count). The Hall–Kier alpha value is -0.550. The van der Waals surface area contributed by atoms with E-state index in [4.69, 9.17) is 23.2 Å². The number of aldehydes is 1. The van der Waals surface area contributed by atoms with E-state index in [1.54, 1.807) is 6.07 Å². The first-order chi connectivity index (χ1) is 7.70. The van der Waals surface area contributed by atoms with Gasteiger partial charge in [-0.15, -0.1) is 11.3 Å². The van der Waals surface area contributed by atoms with Crippen LogP contribution < -0.4 is 0 Å². The molecule has 0 aliphatic carbocycles. The first-order valence-corrected chi connectivity index (χ1v) is 6.63. The molecule has 2 aromatic rings. The van der Waals surface area contributed by atoms with E-state index in [0.29, 0.717) is 20.5 Å². The minimum Gasteiger partial charge on any atom is -0.297 e. The summed E-state index contributed by atoms with van der Waals surface area (Å²) >= 11 is 14.4. The Labute approximate surface area is 111 Å². The molecular formula is C10H5Cl2NOS2.